The minimum absolute atomic E-state index is 0.0668. The van der Waals surface area contributed by atoms with Gasteiger partial charge in [-0.2, -0.15) is 0 Å². The monoisotopic (exact) mass is 348 g/mol. The van der Waals surface area contributed by atoms with Crippen molar-refractivity contribution in [2.75, 3.05) is 19.6 Å². The summed E-state index contributed by atoms with van der Waals surface area (Å²) in [6.07, 6.45) is 5.15. The zero-order valence-corrected chi connectivity index (χ0v) is 14.9. The van der Waals surface area contributed by atoms with Crippen molar-refractivity contribution in [3.05, 3.63) is 17.5 Å². The molecule has 1 saturated heterocycles. The Balaban J connectivity index is 1.54. The van der Waals surface area contributed by atoms with Crippen LogP contribution in [-0.2, 0) is 4.79 Å². The number of amides is 2. The highest BCUT2D eigenvalue weighted by Crippen LogP contribution is 2.40. The van der Waals surface area contributed by atoms with E-state index in [1.807, 2.05) is 4.90 Å². The molecule has 3 N–H and O–H groups in total. The lowest BCUT2D eigenvalue weighted by Gasteiger charge is -2.38. The first-order chi connectivity index (χ1) is 12.1. The van der Waals surface area contributed by atoms with Crippen LogP contribution in [0.15, 0.2) is 10.6 Å². The first kappa shape index (κ1) is 17.9. The summed E-state index contributed by atoms with van der Waals surface area (Å²) < 4.78 is 5.26. The standard InChI is InChI=1S/C18H28N4O3/c1-2-12-11-22(17(23)4-3-8-19)9-7-14(12)20-18(24)15-10-16(25-21-15)13-5-6-13/h10,12-14H,2-9,11,19H2,1H3,(H,20,24)/t12-,14?/m1/s1. The summed E-state index contributed by atoms with van der Waals surface area (Å²) >= 11 is 0. The molecule has 0 aromatic carbocycles. The molecule has 2 atom stereocenters. The topological polar surface area (TPSA) is 101 Å². The maximum atomic E-state index is 12.5. The third-order valence-electron chi connectivity index (χ3n) is 5.26. The summed E-state index contributed by atoms with van der Waals surface area (Å²) in [5, 5.41) is 7.00. The van der Waals surface area contributed by atoms with Crippen molar-refractivity contribution >= 4 is 11.8 Å². The number of hydrogen-bond acceptors (Lipinski definition) is 5. The molecule has 2 heterocycles. The van der Waals surface area contributed by atoms with E-state index < -0.39 is 0 Å². The summed E-state index contributed by atoms with van der Waals surface area (Å²) in [6.45, 7) is 4.00. The van der Waals surface area contributed by atoms with Gasteiger partial charge >= 0.3 is 0 Å². The van der Waals surface area contributed by atoms with Crippen LogP contribution in [0.25, 0.3) is 0 Å². The molecular weight excluding hydrogens is 320 g/mol. The van der Waals surface area contributed by atoms with Gasteiger partial charge in [-0.15, -0.1) is 0 Å². The molecule has 25 heavy (non-hydrogen) atoms. The van der Waals surface area contributed by atoms with Crippen molar-refractivity contribution in [3.63, 3.8) is 0 Å². The van der Waals surface area contributed by atoms with E-state index in [0.29, 0.717) is 37.7 Å². The van der Waals surface area contributed by atoms with Crippen LogP contribution in [0, 0.1) is 5.92 Å². The summed E-state index contributed by atoms with van der Waals surface area (Å²) in [5.74, 6) is 1.51. The van der Waals surface area contributed by atoms with Crippen LogP contribution in [0.2, 0.25) is 0 Å². The average molecular weight is 348 g/mol. The van der Waals surface area contributed by atoms with Crippen LogP contribution < -0.4 is 11.1 Å². The van der Waals surface area contributed by atoms with Crippen molar-refractivity contribution in [1.29, 1.82) is 0 Å². The number of nitrogens with two attached hydrogens (primary N) is 1. The molecule has 1 unspecified atom stereocenters. The predicted octanol–water partition coefficient (Wildman–Crippen LogP) is 1.65. The molecule has 0 radical (unpaired) electrons. The Morgan fingerprint density at radius 3 is 2.88 bits per heavy atom. The number of hydrogen-bond donors (Lipinski definition) is 2. The smallest absolute Gasteiger partial charge is 0.273 e. The first-order valence-corrected chi connectivity index (χ1v) is 9.37. The molecule has 7 heteroatoms. The van der Waals surface area contributed by atoms with E-state index >= 15 is 0 Å². The van der Waals surface area contributed by atoms with Gasteiger partial charge in [0, 0.05) is 37.5 Å². The number of carbonyl (C=O) groups is 2. The van der Waals surface area contributed by atoms with Crippen LogP contribution in [-0.4, -0.2) is 47.5 Å². The van der Waals surface area contributed by atoms with Crippen molar-refractivity contribution < 1.29 is 14.1 Å². The minimum atomic E-state index is -0.179. The second kappa shape index (κ2) is 7.99. The highest BCUT2D eigenvalue weighted by molar-refractivity contribution is 5.92. The first-order valence-electron chi connectivity index (χ1n) is 9.37. The molecule has 2 fully saturated rings. The van der Waals surface area contributed by atoms with E-state index in [1.54, 1.807) is 6.07 Å². The van der Waals surface area contributed by atoms with Crippen LogP contribution in [0.3, 0.4) is 0 Å². The Labute approximate surface area is 148 Å². The minimum Gasteiger partial charge on any atom is -0.360 e. The normalized spacial score (nSPS) is 23.5. The average Bonchev–Trinajstić information content (AvgIpc) is 3.36. The van der Waals surface area contributed by atoms with Gasteiger partial charge in [-0.3, -0.25) is 9.59 Å². The van der Waals surface area contributed by atoms with E-state index in [1.165, 1.54) is 0 Å². The molecular formula is C18H28N4O3. The molecule has 2 amide bonds. The van der Waals surface area contributed by atoms with Gasteiger partial charge in [0.25, 0.3) is 5.91 Å². The van der Waals surface area contributed by atoms with Gasteiger partial charge in [0.15, 0.2) is 5.69 Å². The molecule has 1 aliphatic carbocycles. The van der Waals surface area contributed by atoms with E-state index in [4.69, 9.17) is 10.3 Å². The second-order valence-electron chi connectivity index (χ2n) is 7.16. The molecule has 1 aromatic rings. The number of aromatic nitrogens is 1. The van der Waals surface area contributed by atoms with E-state index in [0.717, 1.165) is 37.9 Å². The third kappa shape index (κ3) is 4.39. The van der Waals surface area contributed by atoms with Gasteiger partial charge in [0.2, 0.25) is 5.91 Å². The lowest BCUT2D eigenvalue weighted by Crippen LogP contribution is -2.52. The van der Waals surface area contributed by atoms with Gasteiger partial charge < -0.3 is 20.5 Å². The van der Waals surface area contributed by atoms with Gasteiger partial charge in [-0.05, 0) is 44.6 Å². The fourth-order valence-corrected chi connectivity index (χ4v) is 3.47. The third-order valence-corrected chi connectivity index (χ3v) is 5.26. The largest absolute Gasteiger partial charge is 0.360 e. The molecule has 3 rings (SSSR count). The summed E-state index contributed by atoms with van der Waals surface area (Å²) in [7, 11) is 0. The lowest BCUT2D eigenvalue weighted by molar-refractivity contribution is -0.133. The van der Waals surface area contributed by atoms with E-state index in [-0.39, 0.29) is 23.8 Å². The number of likely N-dealkylation sites (tertiary alicyclic amines) is 1. The Hall–Kier alpha value is -1.89. The molecule has 138 valence electrons. The number of carbonyl (C=O) groups excluding carboxylic acids is 2. The number of piperidine rings is 1. The van der Waals surface area contributed by atoms with Crippen molar-refractivity contribution in [1.82, 2.24) is 15.4 Å². The van der Waals surface area contributed by atoms with Crippen molar-refractivity contribution in [2.45, 2.75) is 57.4 Å². The maximum absolute atomic E-state index is 12.5. The fourth-order valence-electron chi connectivity index (χ4n) is 3.47. The SMILES string of the molecule is CC[C@@H]1CN(C(=O)CCCN)CCC1NC(=O)c1cc(C2CC2)on1. The second-order valence-corrected chi connectivity index (χ2v) is 7.16. The summed E-state index contributed by atoms with van der Waals surface area (Å²) in [4.78, 5) is 26.6. The quantitative estimate of drug-likeness (QED) is 0.780. The summed E-state index contributed by atoms with van der Waals surface area (Å²) in [6, 6.07) is 1.83. The highest BCUT2D eigenvalue weighted by Gasteiger charge is 2.33. The Morgan fingerprint density at radius 2 is 2.20 bits per heavy atom. The fraction of sp³-hybridized carbons (Fsp3) is 0.722. The number of nitrogens with one attached hydrogen (secondary N) is 1. The Bertz CT molecular complexity index is 611. The zero-order valence-electron chi connectivity index (χ0n) is 14.9. The van der Waals surface area contributed by atoms with Crippen LogP contribution in [0.4, 0.5) is 0 Å². The molecule has 2 aliphatic rings. The molecule has 0 bridgehead atoms. The Morgan fingerprint density at radius 1 is 1.40 bits per heavy atom. The van der Waals surface area contributed by atoms with Crippen molar-refractivity contribution in [2.24, 2.45) is 11.7 Å². The zero-order chi connectivity index (χ0) is 17.8. The highest BCUT2D eigenvalue weighted by atomic mass is 16.5. The molecule has 7 nitrogen and oxygen atoms in total. The number of rotatable bonds is 7. The summed E-state index contributed by atoms with van der Waals surface area (Å²) in [5.41, 5.74) is 5.84. The maximum Gasteiger partial charge on any atom is 0.273 e. The van der Waals surface area contributed by atoms with Gasteiger partial charge in [-0.25, -0.2) is 0 Å². The lowest BCUT2D eigenvalue weighted by atomic mass is 9.89. The molecule has 0 spiro atoms. The van der Waals surface area contributed by atoms with Crippen LogP contribution in [0.1, 0.15) is 67.6 Å². The van der Waals surface area contributed by atoms with Gasteiger partial charge in [0.1, 0.15) is 5.76 Å². The van der Waals surface area contributed by atoms with Crippen LogP contribution >= 0.6 is 0 Å². The van der Waals surface area contributed by atoms with E-state index in [2.05, 4.69) is 17.4 Å². The Kier molecular flexibility index (Phi) is 5.73. The van der Waals surface area contributed by atoms with Gasteiger partial charge in [0.05, 0.1) is 0 Å². The van der Waals surface area contributed by atoms with Gasteiger partial charge in [-0.1, -0.05) is 12.1 Å². The molecule has 1 aromatic heterocycles. The van der Waals surface area contributed by atoms with Crippen LogP contribution in [0.5, 0.6) is 0 Å². The number of nitrogens with zero attached hydrogens (tertiary/aromatic N) is 2. The van der Waals surface area contributed by atoms with Crippen molar-refractivity contribution in [3.8, 4) is 0 Å². The molecule has 1 saturated carbocycles. The predicted molar refractivity (Wildman–Crippen MR) is 93.0 cm³/mol. The van der Waals surface area contributed by atoms with E-state index in [9.17, 15) is 9.59 Å². The molecule has 1 aliphatic heterocycles.